The van der Waals surface area contributed by atoms with Crippen molar-refractivity contribution in [1.82, 2.24) is 0 Å². The molecule has 0 amide bonds. The summed E-state index contributed by atoms with van der Waals surface area (Å²) in [5, 5.41) is 10.2. The van der Waals surface area contributed by atoms with Crippen LogP contribution in [0.15, 0.2) is 42.5 Å². The maximum atomic E-state index is 12.8. The van der Waals surface area contributed by atoms with E-state index in [0.29, 0.717) is 12.1 Å². The topological polar surface area (TPSA) is 20.2 Å². The Kier molecular flexibility index (Phi) is 4.64. The summed E-state index contributed by atoms with van der Waals surface area (Å²) in [4.78, 5) is 0. The number of hydrogen-bond acceptors (Lipinski definition) is 1. The van der Waals surface area contributed by atoms with Crippen LogP contribution in [-0.4, -0.2) is 5.11 Å². The fourth-order valence-electron chi connectivity index (χ4n) is 2.01. The van der Waals surface area contributed by atoms with Gasteiger partial charge in [0, 0.05) is 10.6 Å². The van der Waals surface area contributed by atoms with Gasteiger partial charge >= 0.3 is 12.4 Å². The normalized spacial score (nSPS) is 13.9. The van der Waals surface area contributed by atoms with Crippen LogP contribution < -0.4 is 0 Å². The lowest BCUT2D eigenvalue weighted by atomic mass is 9.96. The number of halogens is 7. The summed E-state index contributed by atoms with van der Waals surface area (Å²) in [6, 6.07) is 6.63. The molecule has 0 aliphatic carbocycles. The van der Waals surface area contributed by atoms with E-state index in [1.165, 1.54) is 24.3 Å². The highest BCUT2D eigenvalue weighted by atomic mass is 35.5. The SMILES string of the molecule is OC(c1cc(C(F)(F)F)cc(C(F)(F)F)c1)c1ccccc1Cl. The van der Waals surface area contributed by atoms with Crippen LogP contribution in [0.1, 0.15) is 28.4 Å². The van der Waals surface area contributed by atoms with Crippen molar-refractivity contribution in [3.63, 3.8) is 0 Å². The van der Waals surface area contributed by atoms with E-state index in [-0.39, 0.29) is 16.7 Å². The highest BCUT2D eigenvalue weighted by molar-refractivity contribution is 6.31. The first-order chi connectivity index (χ1) is 10.5. The lowest BCUT2D eigenvalue weighted by molar-refractivity contribution is -0.143. The summed E-state index contributed by atoms with van der Waals surface area (Å²) in [7, 11) is 0. The maximum absolute atomic E-state index is 12.8. The Morgan fingerprint density at radius 1 is 0.826 bits per heavy atom. The molecule has 8 heteroatoms. The zero-order valence-electron chi connectivity index (χ0n) is 11.2. The van der Waals surface area contributed by atoms with Gasteiger partial charge in [0.2, 0.25) is 0 Å². The molecule has 2 rings (SSSR count). The summed E-state index contributed by atoms with van der Waals surface area (Å²) in [6.07, 6.45) is -11.7. The monoisotopic (exact) mass is 354 g/mol. The Balaban J connectivity index is 2.60. The van der Waals surface area contributed by atoms with Crippen molar-refractivity contribution < 1.29 is 31.4 Å². The first-order valence-corrected chi connectivity index (χ1v) is 6.60. The smallest absolute Gasteiger partial charge is 0.384 e. The first kappa shape index (κ1) is 17.6. The Hall–Kier alpha value is -1.73. The summed E-state index contributed by atoms with van der Waals surface area (Å²) in [5.74, 6) is 0. The number of hydrogen-bond donors (Lipinski definition) is 1. The molecule has 0 aliphatic heterocycles. The molecule has 1 atom stereocenters. The number of alkyl halides is 6. The van der Waals surface area contributed by atoms with E-state index in [2.05, 4.69) is 0 Å². The predicted molar refractivity (Wildman–Crippen MR) is 72.0 cm³/mol. The average molecular weight is 355 g/mol. The van der Waals surface area contributed by atoms with Crippen LogP contribution in [0.2, 0.25) is 5.02 Å². The molecule has 1 N–H and O–H groups in total. The molecular formula is C15H9ClF6O. The van der Waals surface area contributed by atoms with Crippen LogP contribution in [-0.2, 0) is 12.4 Å². The van der Waals surface area contributed by atoms with E-state index >= 15 is 0 Å². The summed E-state index contributed by atoms with van der Waals surface area (Å²) >= 11 is 5.82. The number of benzene rings is 2. The van der Waals surface area contributed by atoms with Crippen LogP contribution in [0.3, 0.4) is 0 Å². The second-order valence-electron chi connectivity index (χ2n) is 4.76. The average Bonchev–Trinajstić information content (AvgIpc) is 2.45. The van der Waals surface area contributed by atoms with Gasteiger partial charge in [-0.3, -0.25) is 0 Å². The van der Waals surface area contributed by atoms with Crippen LogP contribution >= 0.6 is 11.6 Å². The second kappa shape index (κ2) is 6.05. The molecule has 0 saturated heterocycles. The third-order valence-corrected chi connectivity index (χ3v) is 3.47. The Morgan fingerprint density at radius 3 is 1.74 bits per heavy atom. The second-order valence-corrected chi connectivity index (χ2v) is 5.17. The fourth-order valence-corrected chi connectivity index (χ4v) is 2.25. The van der Waals surface area contributed by atoms with Gasteiger partial charge in [0.05, 0.1) is 11.1 Å². The van der Waals surface area contributed by atoms with Crippen molar-refractivity contribution in [1.29, 1.82) is 0 Å². The molecule has 0 saturated carbocycles. The summed E-state index contributed by atoms with van der Waals surface area (Å²) in [5.41, 5.74) is -3.51. The highest BCUT2D eigenvalue weighted by Crippen LogP contribution is 2.39. The van der Waals surface area contributed by atoms with Gasteiger partial charge in [-0.15, -0.1) is 0 Å². The number of aliphatic hydroxyl groups excluding tert-OH is 1. The maximum Gasteiger partial charge on any atom is 0.416 e. The van der Waals surface area contributed by atoms with Gasteiger partial charge in [-0.2, -0.15) is 26.3 Å². The molecular weight excluding hydrogens is 346 g/mol. The molecule has 0 aliphatic rings. The van der Waals surface area contributed by atoms with Crippen molar-refractivity contribution in [3.8, 4) is 0 Å². The van der Waals surface area contributed by atoms with Crippen molar-refractivity contribution in [2.24, 2.45) is 0 Å². The van der Waals surface area contributed by atoms with Crippen LogP contribution in [0.25, 0.3) is 0 Å². The largest absolute Gasteiger partial charge is 0.416 e. The molecule has 2 aromatic carbocycles. The molecule has 23 heavy (non-hydrogen) atoms. The molecule has 0 spiro atoms. The van der Waals surface area contributed by atoms with Crippen LogP contribution in [0, 0.1) is 0 Å². The van der Waals surface area contributed by atoms with Gasteiger partial charge in [0.25, 0.3) is 0 Å². The fraction of sp³-hybridized carbons (Fsp3) is 0.200. The van der Waals surface area contributed by atoms with Crippen LogP contribution in [0.4, 0.5) is 26.3 Å². The van der Waals surface area contributed by atoms with Crippen molar-refractivity contribution in [3.05, 3.63) is 69.7 Å². The Morgan fingerprint density at radius 2 is 1.30 bits per heavy atom. The Bertz CT molecular complexity index is 676. The third kappa shape index (κ3) is 3.97. The standard InChI is InChI=1S/C15H9ClF6O/c16-12-4-2-1-3-11(12)13(23)8-5-9(14(17,18)19)7-10(6-8)15(20,21)22/h1-7,13,23H. The Labute approximate surface area is 132 Å². The van der Waals surface area contributed by atoms with E-state index in [1.807, 2.05) is 0 Å². The minimum absolute atomic E-state index is 0.00280. The summed E-state index contributed by atoms with van der Waals surface area (Å²) in [6.45, 7) is 0. The van der Waals surface area contributed by atoms with Crippen molar-refractivity contribution >= 4 is 11.6 Å². The summed E-state index contributed by atoms with van der Waals surface area (Å²) < 4.78 is 76.8. The minimum atomic E-state index is -4.98. The van der Waals surface area contributed by atoms with Crippen LogP contribution in [0.5, 0.6) is 0 Å². The molecule has 0 bridgehead atoms. The lowest BCUT2D eigenvalue weighted by Gasteiger charge is -2.18. The van der Waals surface area contributed by atoms with Gasteiger partial charge in [-0.1, -0.05) is 29.8 Å². The molecule has 124 valence electrons. The van der Waals surface area contributed by atoms with Gasteiger partial charge in [0.15, 0.2) is 0 Å². The molecule has 0 heterocycles. The zero-order chi connectivity index (χ0) is 17.4. The number of aliphatic hydroxyl groups is 1. The molecule has 0 fully saturated rings. The predicted octanol–water partition coefficient (Wildman–Crippen LogP) is 5.46. The zero-order valence-corrected chi connectivity index (χ0v) is 12.0. The van der Waals surface area contributed by atoms with Crippen molar-refractivity contribution in [2.75, 3.05) is 0 Å². The molecule has 0 radical (unpaired) electrons. The lowest BCUT2D eigenvalue weighted by Crippen LogP contribution is -2.13. The molecule has 2 aromatic rings. The van der Waals surface area contributed by atoms with Gasteiger partial charge < -0.3 is 5.11 Å². The molecule has 0 aromatic heterocycles. The first-order valence-electron chi connectivity index (χ1n) is 6.22. The van der Waals surface area contributed by atoms with E-state index < -0.39 is 35.1 Å². The third-order valence-electron chi connectivity index (χ3n) is 3.13. The van der Waals surface area contributed by atoms with E-state index in [1.54, 1.807) is 0 Å². The minimum Gasteiger partial charge on any atom is -0.384 e. The van der Waals surface area contributed by atoms with Gasteiger partial charge in [-0.05, 0) is 29.8 Å². The van der Waals surface area contributed by atoms with Crippen molar-refractivity contribution in [2.45, 2.75) is 18.5 Å². The molecule has 1 unspecified atom stereocenters. The van der Waals surface area contributed by atoms with Gasteiger partial charge in [0.1, 0.15) is 6.10 Å². The van der Waals surface area contributed by atoms with E-state index in [9.17, 15) is 31.4 Å². The number of rotatable bonds is 2. The highest BCUT2D eigenvalue weighted by Gasteiger charge is 2.37. The van der Waals surface area contributed by atoms with Gasteiger partial charge in [-0.25, -0.2) is 0 Å². The quantitative estimate of drug-likeness (QED) is 0.710. The van der Waals surface area contributed by atoms with E-state index in [0.717, 1.165) is 0 Å². The van der Waals surface area contributed by atoms with E-state index in [4.69, 9.17) is 11.6 Å². The molecule has 1 nitrogen and oxygen atoms in total.